The van der Waals surface area contributed by atoms with Gasteiger partial charge in [0.05, 0.1) is 12.5 Å². The van der Waals surface area contributed by atoms with Crippen molar-refractivity contribution >= 4 is 7.80 Å². The van der Waals surface area contributed by atoms with Gasteiger partial charge in [0.25, 0.3) is 0 Å². The van der Waals surface area contributed by atoms with Crippen molar-refractivity contribution in [2.24, 2.45) is 0 Å². The summed E-state index contributed by atoms with van der Waals surface area (Å²) >= 11 is 0. The molecule has 4 heteroatoms. The largest absolute Gasteiger partial charge is 0.516 e. The predicted octanol–water partition coefficient (Wildman–Crippen LogP) is 1.96. The van der Waals surface area contributed by atoms with Gasteiger partial charge in [-0.1, -0.05) is 4.57 Å². The third-order valence-electron chi connectivity index (χ3n) is 0.829. The maximum atomic E-state index is 10.8. The molecule has 0 spiro atoms. The van der Waals surface area contributed by atoms with E-state index in [2.05, 4.69) is 0 Å². The first kappa shape index (κ1) is 9.18. The molecule has 0 aliphatic heterocycles. The highest BCUT2D eigenvalue weighted by atomic mass is 31.1. The average Bonchev–Trinajstić information content (AvgIpc) is 1.97. The van der Waals surface area contributed by atoms with Gasteiger partial charge in [0.2, 0.25) is 0 Å². The molecular weight excluding hydrogens is 151 g/mol. The van der Waals surface area contributed by atoms with Crippen molar-refractivity contribution in [1.29, 1.82) is 0 Å². The Labute approximate surface area is 60.5 Å². The average molecular weight is 161 g/mol. The van der Waals surface area contributed by atoms with Crippen molar-refractivity contribution in [3.63, 3.8) is 0 Å². The molecule has 3 nitrogen and oxygen atoms in total. The highest BCUT2D eigenvalue weighted by molar-refractivity contribution is 7.45. The first-order chi connectivity index (χ1) is 4.81. The van der Waals surface area contributed by atoms with Crippen molar-refractivity contribution in [3.8, 4) is 0 Å². The van der Waals surface area contributed by atoms with Gasteiger partial charge < -0.3 is 10.2 Å². The lowest BCUT2D eigenvalue weighted by Crippen LogP contribution is -1.74. The summed E-state index contributed by atoms with van der Waals surface area (Å²) in [5.41, 5.74) is 0. The molecule has 0 saturated heterocycles. The molecule has 0 aromatic heterocycles. The highest BCUT2D eigenvalue weighted by Crippen LogP contribution is 2.19. The van der Waals surface area contributed by atoms with Gasteiger partial charge in [-0.25, -0.2) is 0 Å². The summed E-state index contributed by atoms with van der Waals surface area (Å²) in [5, 5.41) is 16.3. The molecule has 0 bridgehead atoms. The van der Waals surface area contributed by atoms with Gasteiger partial charge in [-0.15, -0.1) is 0 Å². The van der Waals surface area contributed by atoms with Crippen LogP contribution < -0.4 is 0 Å². The SMILES string of the molecule is O=[P+](CC=CO)CC=CO. The second kappa shape index (κ2) is 6.30. The second-order valence-electron chi connectivity index (χ2n) is 1.62. The second-order valence-corrected chi connectivity index (χ2v) is 3.31. The fourth-order valence-electron chi connectivity index (χ4n) is 0.404. The van der Waals surface area contributed by atoms with Crippen LogP contribution in [0.25, 0.3) is 0 Å². The first-order valence-corrected chi connectivity index (χ1v) is 4.44. The van der Waals surface area contributed by atoms with E-state index in [-0.39, 0.29) is 0 Å². The number of hydrogen-bond donors (Lipinski definition) is 2. The summed E-state index contributed by atoms with van der Waals surface area (Å²) in [6.07, 6.45) is 5.30. The van der Waals surface area contributed by atoms with E-state index in [0.29, 0.717) is 12.3 Å². The van der Waals surface area contributed by atoms with Crippen LogP contribution >= 0.6 is 7.80 Å². The van der Waals surface area contributed by atoms with E-state index in [0.717, 1.165) is 12.5 Å². The summed E-state index contributed by atoms with van der Waals surface area (Å²) in [4.78, 5) is 0. The molecule has 0 aliphatic carbocycles. The highest BCUT2D eigenvalue weighted by Gasteiger charge is 2.08. The summed E-state index contributed by atoms with van der Waals surface area (Å²) in [7, 11) is -1.34. The molecule has 10 heavy (non-hydrogen) atoms. The van der Waals surface area contributed by atoms with E-state index in [1.165, 1.54) is 12.2 Å². The minimum Gasteiger partial charge on any atom is -0.516 e. The zero-order valence-corrected chi connectivity index (χ0v) is 6.37. The molecule has 0 atom stereocenters. The molecule has 0 rings (SSSR count). The minimum absolute atomic E-state index is 0.357. The predicted molar refractivity (Wildman–Crippen MR) is 40.9 cm³/mol. The van der Waals surface area contributed by atoms with Crippen molar-refractivity contribution in [1.82, 2.24) is 0 Å². The number of aliphatic hydroxyl groups excluding tert-OH is 2. The summed E-state index contributed by atoms with van der Waals surface area (Å²) in [6.45, 7) is 0. The molecule has 0 amide bonds. The minimum atomic E-state index is -1.34. The van der Waals surface area contributed by atoms with Crippen LogP contribution in [0.15, 0.2) is 24.7 Å². The van der Waals surface area contributed by atoms with Gasteiger partial charge in [-0.05, 0) is 12.2 Å². The third-order valence-corrected chi connectivity index (χ3v) is 2.07. The van der Waals surface area contributed by atoms with Crippen LogP contribution in [-0.4, -0.2) is 22.5 Å². The molecule has 0 aliphatic rings. The molecule has 0 aromatic rings. The molecule has 0 radical (unpaired) electrons. The topological polar surface area (TPSA) is 57.5 Å². The van der Waals surface area contributed by atoms with Gasteiger partial charge in [-0.2, -0.15) is 0 Å². The monoisotopic (exact) mass is 161 g/mol. The molecular formula is C6H10O3P+. The number of allylic oxidation sites excluding steroid dienone is 2. The van der Waals surface area contributed by atoms with Gasteiger partial charge in [-0.3, -0.25) is 0 Å². The number of aliphatic hydroxyl groups is 2. The zero-order valence-electron chi connectivity index (χ0n) is 5.47. The Morgan fingerprint density at radius 3 is 1.80 bits per heavy atom. The Kier molecular flexibility index (Phi) is 5.79. The van der Waals surface area contributed by atoms with E-state index in [1.54, 1.807) is 0 Å². The van der Waals surface area contributed by atoms with Gasteiger partial charge in [0.1, 0.15) is 0 Å². The first-order valence-electron chi connectivity index (χ1n) is 2.81. The third kappa shape index (κ3) is 5.32. The lowest BCUT2D eigenvalue weighted by molar-refractivity contribution is 0.472. The Morgan fingerprint density at radius 1 is 1.10 bits per heavy atom. The normalized spacial score (nSPS) is 13.0. The molecule has 56 valence electrons. The molecule has 0 aromatic carbocycles. The van der Waals surface area contributed by atoms with E-state index < -0.39 is 7.80 Å². The van der Waals surface area contributed by atoms with Crippen LogP contribution in [0.5, 0.6) is 0 Å². The Hall–Kier alpha value is -0.820. The van der Waals surface area contributed by atoms with E-state index in [9.17, 15) is 4.57 Å². The number of hydrogen-bond acceptors (Lipinski definition) is 3. The van der Waals surface area contributed by atoms with Crippen LogP contribution in [0.2, 0.25) is 0 Å². The van der Waals surface area contributed by atoms with Crippen LogP contribution in [0.3, 0.4) is 0 Å². The fourth-order valence-corrected chi connectivity index (χ4v) is 1.21. The summed E-state index contributed by atoms with van der Waals surface area (Å²) in [5.74, 6) is 0. The van der Waals surface area contributed by atoms with E-state index in [4.69, 9.17) is 10.2 Å². The summed E-state index contributed by atoms with van der Waals surface area (Å²) in [6, 6.07) is 0. The molecule has 0 unspecified atom stereocenters. The molecule has 0 fully saturated rings. The van der Waals surface area contributed by atoms with Crippen LogP contribution in [0, 0.1) is 0 Å². The lowest BCUT2D eigenvalue weighted by Gasteiger charge is -1.75. The zero-order chi connectivity index (χ0) is 7.82. The molecule has 0 heterocycles. The fraction of sp³-hybridized carbons (Fsp3) is 0.333. The van der Waals surface area contributed by atoms with Crippen LogP contribution in [0.4, 0.5) is 0 Å². The standard InChI is InChI=1S/C6H9O3P/c7-3-1-5-10(9)6-2-4-8/h1-4H,5-6H2,(H-,7,8)/p+1. The van der Waals surface area contributed by atoms with E-state index >= 15 is 0 Å². The van der Waals surface area contributed by atoms with E-state index in [1.807, 2.05) is 0 Å². The molecule has 2 N–H and O–H groups in total. The van der Waals surface area contributed by atoms with Crippen molar-refractivity contribution in [2.75, 3.05) is 12.3 Å². The lowest BCUT2D eigenvalue weighted by atomic mass is 10.7. The maximum Gasteiger partial charge on any atom is 0.347 e. The maximum absolute atomic E-state index is 10.8. The van der Waals surface area contributed by atoms with Crippen LogP contribution in [-0.2, 0) is 4.57 Å². The van der Waals surface area contributed by atoms with Crippen molar-refractivity contribution < 1.29 is 14.8 Å². The smallest absolute Gasteiger partial charge is 0.347 e. The van der Waals surface area contributed by atoms with Gasteiger partial charge in [0.15, 0.2) is 12.3 Å². The Balaban J connectivity index is 3.44. The molecule has 0 saturated carbocycles. The Morgan fingerprint density at radius 2 is 1.50 bits per heavy atom. The summed E-state index contributed by atoms with van der Waals surface area (Å²) < 4.78 is 10.8. The Bertz CT molecular complexity index is 135. The quantitative estimate of drug-likeness (QED) is 0.489. The van der Waals surface area contributed by atoms with Gasteiger partial charge >= 0.3 is 7.80 Å². The van der Waals surface area contributed by atoms with Crippen molar-refractivity contribution in [3.05, 3.63) is 24.7 Å². The number of rotatable bonds is 4. The van der Waals surface area contributed by atoms with Crippen LogP contribution in [0.1, 0.15) is 0 Å². The van der Waals surface area contributed by atoms with Crippen molar-refractivity contribution in [2.45, 2.75) is 0 Å². The van der Waals surface area contributed by atoms with Gasteiger partial charge in [0, 0.05) is 0 Å².